The van der Waals surface area contributed by atoms with Crippen LogP contribution >= 0.6 is 0 Å². The molecule has 1 aliphatic rings. The van der Waals surface area contributed by atoms with Crippen molar-refractivity contribution in [2.45, 2.75) is 4.90 Å². The number of rotatable bonds is 0. The summed E-state index contributed by atoms with van der Waals surface area (Å²) in [6.07, 6.45) is 0. The van der Waals surface area contributed by atoms with Crippen molar-refractivity contribution >= 4 is 40.4 Å². The molecule has 1 aromatic rings. The van der Waals surface area contributed by atoms with Crippen molar-refractivity contribution in [3.63, 3.8) is 0 Å². The molecule has 0 saturated carbocycles. The number of benzene rings is 1. The van der Waals surface area contributed by atoms with Crippen LogP contribution in [0.2, 0.25) is 0 Å². The highest BCUT2D eigenvalue weighted by Crippen LogP contribution is 2.32. The highest BCUT2D eigenvalue weighted by atomic mass is 33.1. The normalized spacial score (nSPS) is 18.5. The Labute approximate surface area is 79.8 Å². The first kappa shape index (κ1) is 8.10. The minimum Gasteiger partial charge on any atom is -0.488 e. The molecule has 0 fully saturated rings. The number of aliphatic hydroxyl groups excluding tert-OH is 1. The maximum Gasteiger partial charge on any atom is 0.261 e. The number of fused-ring (bicyclic) bond motifs is 1. The SMILES string of the molecule is OC1=Nc2ccccc2S1(=S)=S. The molecule has 62 valence electrons. The van der Waals surface area contributed by atoms with E-state index in [1.807, 2.05) is 18.2 Å². The second-order valence-electron chi connectivity index (χ2n) is 2.37. The summed E-state index contributed by atoms with van der Waals surface area (Å²) in [6.45, 7) is 0. The Morgan fingerprint density at radius 3 is 2.58 bits per heavy atom. The zero-order chi connectivity index (χ0) is 8.77. The maximum absolute atomic E-state index is 9.36. The zero-order valence-corrected chi connectivity index (χ0v) is 8.38. The van der Waals surface area contributed by atoms with Gasteiger partial charge in [-0.15, -0.1) is 0 Å². The molecular weight excluding hydrogens is 210 g/mol. The van der Waals surface area contributed by atoms with Crippen LogP contribution in [0.5, 0.6) is 0 Å². The lowest BCUT2D eigenvalue weighted by atomic mass is 10.3. The van der Waals surface area contributed by atoms with Crippen LogP contribution in [0, 0.1) is 0 Å². The molecule has 0 saturated heterocycles. The minimum atomic E-state index is -2.01. The van der Waals surface area contributed by atoms with E-state index in [9.17, 15) is 5.11 Å². The molecule has 0 amide bonds. The van der Waals surface area contributed by atoms with E-state index in [4.69, 9.17) is 22.4 Å². The van der Waals surface area contributed by atoms with Crippen molar-refractivity contribution in [3.05, 3.63) is 24.3 Å². The highest BCUT2D eigenvalue weighted by Gasteiger charge is 2.23. The van der Waals surface area contributed by atoms with Crippen LogP contribution in [0.25, 0.3) is 0 Å². The summed E-state index contributed by atoms with van der Waals surface area (Å²) in [5.74, 6) is 0. The van der Waals surface area contributed by atoms with Crippen molar-refractivity contribution in [2.24, 2.45) is 4.99 Å². The topological polar surface area (TPSA) is 32.6 Å². The van der Waals surface area contributed by atoms with Crippen LogP contribution in [0.3, 0.4) is 0 Å². The standard InChI is InChI=1S/C7H5NOS3/c9-7-8-5-3-1-2-4-6(5)12(7,10)11/h1-4H,(H,8,9). The first-order chi connectivity index (χ1) is 5.62. The fourth-order valence-electron chi connectivity index (χ4n) is 1.04. The fraction of sp³-hybridized carbons (Fsp3) is 0. The lowest BCUT2D eigenvalue weighted by molar-refractivity contribution is 0.572. The molecule has 12 heavy (non-hydrogen) atoms. The van der Waals surface area contributed by atoms with Gasteiger partial charge in [-0.2, -0.15) is 0 Å². The predicted octanol–water partition coefficient (Wildman–Crippen LogP) is 1.68. The molecule has 0 spiro atoms. The van der Waals surface area contributed by atoms with Gasteiger partial charge in [0.25, 0.3) is 5.23 Å². The average molecular weight is 215 g/mol. The van der Waals surface area contributed by atoms with E-state index in [-0.39, 0.29) is 5.23 Å². The zero-order valence-electron chi connectivity index (χ0n) is 5.93. The monoisotopic (exact) mass is 215 g/mol. The number of hydrogen-bond acceptors (Lipinski definition) is 3. The number of aliphatic hydroxyl groups is 1. The number of hydrogen-bond donors (Lipinski definition) is 1. The van der Waals surface area contributed by atoms with Gasteiger partial charge in [-0.3, -0.25) is 0 Å². The third kappa shape index (κ3) is 0.972. The van der Waals surface area contributed by atoms with Crippen molar-refractivity contribution in [3.8, 4) is 0 Å². The number of para-hydroxylation sites is 1. The second kappa shape index (κ2) is 2.48. The van der Waals surface area contributed by atoms with Gasteiger partial charge in [-0.25, -0.2) is 4.99 Å². The Hall–Kier alpha value is -0.520. The third-order valence-corrected chi connectivity index (χ3v) is 5.08. The van der Waals surface area contributed by atoms with E-state index < -0.39 is 7.15 Å². The Morgan fingerprint density at radius 2 is 1.92 bits per heavy atom. The molecule has 2 rings (SSSR count). The van der Waals surface area contributed by atoms with E-state index in [0.29, 0.717) is 0 Å². The van der Waals surface area contributed by atoms with E-state index in [1.165, 1.54) is 0 Å². The van der Waals surface area contributed by atoms with Crippen molar-refractivity contribution < 1.29 is 5.11 Å². The minimum absolute atomic E-state index is 0.0753. The maximum atomic E-state index is 9.36. The summed E-state index contributed by atoms with van der Waals surface area (Å²) >= 11 is 10.2. The second-order valence-corrected chi connectivity index (χ2v) is 7.81. The quantitative estimate of drug-likeness (QED) is 0.714. The predicted molar refractivity (Wildman–Crippen MR) is 56.5 cm³/mol. The molecule has 1 aliphatic heterocycles. The van der Waals surface area contributed by atoms with Gasteiger partial charge in [0.1, 0.15) is 0 Å². The molecular formula is C7H5NOS3. The van der Waals surface area contributed by atoms with Gasteiger partial charge in [0.05, 0.1) is 10.6 Å². The summed E-state index contributed by atoms with van der Waals surface area (Å²) in [5.41, 5.74) is 0.718. The third-order valence-electron chi connectivity index (χ3n) is 1.61. The number of nitrogens with zero attached hydrogens (tertiary/aromatic N) is 1. The molecule has 0 atom stereocenters. The molecule has 0 bridgehead atoms. The molecule has 0 unspecified atom stereocenters. The lowest BCUT2D eigenvalue weighted by Crippen LogP contribution is -2.05. The van der Waals surface area contributed by atoms with Crippen LogP contribution in [-0.4, -0.2) is 10.3 Å². The van der Waals surface area contributed by atoms with E-state index >= 15 is 0 Å². The van der Waals surface area contributed by atoms with Gasteiger partial charge in [0.15, 0.2) is 0 Å². The molecule has 5 heteroatoms. The van der Waals surface area contributed by atoms with Crippen LogP contribution in [0.15, 0.2) is 34.2 Å². The number of aliphatic imine (C=N–C) groups is 1. The fourth-order valence-corrected chi connectivity index (χ4v) is 3.17. The summed E-state index contributed by atoms with van der Waals surface area (Å²) in [7, 11) is -2.01. The van der Waals surface area contributed by atoms with Crippen molar-refractivity contribution in [1.82, 2.24) is 0 Å². The van der Waals surface area contributed by atoms with Gasteiger partial charge >= 0.3 is 0 Å². The van der Waals surface area contributed by atoms with Gasteiger partial charge in [-0.1, -0.05) is 12.1 Å². The van der Waals surface area contributed by atoms with Crippen molar-refractivity contribution in [1.29, 1.82) is 0 Å². The van der Waals surface area contributed by atoms with Gasteiger partial charge in [0, 0.05) is 7.15 Å². The lowest BCUT2D eigenvalue weighted by Gasteiger charge is -1.99. The Balaban J connectivity index is 2.83. The smallest absolute Gasteiger partial charge is 0.261 e. The van der Waals surface area contributed by atoms with Gasteiger partial charge in [0.2, 0.25) is 0 Å². The summed E-state index contributed by atoms with van der Waals surface area (Å²) < 4.78 is 0. The molecule has 0 radical (unpaired) electrons. The average Bonchev–Trinajstić information content (AvgIpc) is 2.25. The van der Waals surface area contributed by atoms with E-state index in [2.05, 4.69) is 4.99 Å². The highest BCUT2D eigenvalue weighted by molar-refractivity contribution is 8.63. The van der Waals surface area contributed by atoms with Gasteiger partial charge < -0.3 is 5.11 Å². The molecule has 0 aliphatic carbocycles. The van der Waals surface area contributed by atoms with E-state index in [1.54, 1.807) is 6.07 Å². The molecule has 0 aromatic heterocycles. The molecule has 1 N–H and O–H groups in total. The first-order valence-electron chi connectivity index (χ1n) is 3.24. The Kier molecular flexibility index (Phi) is 1.67. The molecule has 1 aromatic carbocycles. The summed E-state index contributed by atoms with van der Waals surface area (Å²) in [5, 5.41) is 9.28. The molecule has 1 heterocycles. The van der Waals surface area contributed by atoms with E-state index in [0.717, 1.165) is 10.6 Å². The van der Waals surface area contributed by atoms with Crippen LogP contribution in [0.4, 0.5) is 5.69 Å². The van der Waals surface area contributed by atoms with Crippen LogP contribution in [0.1, 0.15) is 0 Å². The largest absolute Gasteiger partial charge is 0.488 e. The Bertz CT molecular complexity index is 461. The van der Waals surface area contributed by atoms with Crippen molar-refractivity contribution in [2.75, 3.05) is 0 Å². The molecule has 2 nitrogen and oxygen atoms in total. The summed E-state index contributed by atoms with van der Waals surface area (Å²) in [4.78, 5) is 4.72. The summed E-state index contributed by atoms with van der Waals surface area (Å²) in [6, 6.07) is 7.34. The van der Waals surface area contributed by atoms with Crippen LogP contribution < -0.4 is 0 Å². The first-order valence-corrected chi connectivity index (χ1v) is 6.72. The van der Waals surface area contributed by atoms with Crippen LogP contribution in [-0.2, 0) is 29.5 Å². The van der Waals surface area contributed by atoms with Gasteiger partial charge in [-0.05, 0) is 34.5 Å². The Morgan fingerprint density at radius 1 is 1.25 bits per heavy atom.